The lowest BCUT2D eigenvalue weighted by Crippen LogP contribution is -2.02. The molecular weight excluding hydrogens is 550 g/mol. The molecule has 0 spiro atoms. The molecule has 0 unspecified atom stereocenters. The number of fused-ring (bicyclic) bond motifs is 1. The molecule has 0 heterocycles. The molecule has 144 valence electrons. The van der Waals surface area contributed by atoms with Crippen LogP contribution in [-0.2, 0) is 0 Å². The van der Waals surface area contributed by atoms with E-state index in [1.165, 1.54) is 56.4 Å². The molecule has 0 saturated carbocycles. The Bertz CT molecular complexity index is 626. The van der Waals surface area contributed by atoms with E-state index in [4.69, 9.17) is 9.47 Å². The second kappa shape index (κ2) is 12.3. The van der Waals surface area contributed by atoms with E-state index in [0.29, 0.717) is 0 Å². The molecule has 0 aliphatic rings. The van der Waals surface area contributed by atoms with Gasteiger partial charge in [-0.25, -0.2) is 0 Å². The van der Waals surface area contributed by atoms with Crippen LogP contribution in [-0.4, -0.2) is 13.2 Å². The number of hydrogen-bond acceptors (Lipinski definition) is 2. The maximum Gasteiger partial charge on any atom is 0.128 e. The zero-order valence-corrected chi connectivity index (χ0v) is 20.3. The summed E-state index contributed by atoms with van der Waals surface area (Å²) in [6, 6.07) is 8.50. The van der Waals surface area contributed by atoms with Crippen LogP contribution in [0.25, 0.3) is 10.8 Å². The van der Waals surface area contributed by atoms with Gasteiger partial charge >= 0.3 is 0 Å². The van der Waals surface area contributed by atoms with Crippen molar-refractivity contribution in [3.05, 3.63) is 31.4 Å². The average Bonchev–Trinajstić information content (AvgIpc) is 2.64. The summed E-state index contributed by atoms with van der Waals surface area (Å²) >= 11 is 4.82. The van der Waals surface area contributed by atoms with E-state index in [0.717, 1.165) is 37.6 Å². The Morgan fingerprint density at radius 3 is 1.42 bits per heavy atom. The molecule has 2 aromatic carbocycles. The molecular formula is C22H30I2O2. The Morgan fingerprint density at radius 1 is 0.615 bits per heavy atom. The molecule has 0 amide bonds. The Kier molecular flexibility index (Phi) is 10.4. The highest BCUT2D eigenvalue weighted by atomic mass is 127. The van der Waals surface area contributed by atoms with Crippen molar-refractivity contribution in [2.24, 2.45) is 0 Å². The highest BCUT2D eigenvalue weighted by Crippen LogP contribution is 2.39. The van der Waals surface area contributed by atoms with Gasteiger partial charge in [-0.3, -0.25) is 0 Å². The Labute approximate surface area is 185 Å². The van der Waals surface area contributed by atoms with Crippen molar-refractivity contribution in [1.82, 2.24) is 0 Å². The molecule has 0 aliphatic carbocycles. The van der Waals surface area contributed by atoms with Gasteiger partial charge in [0.15, 0.2) is 0 Å². The largest absolute Gasteiger partial charge is 0.493 e. The van der Waals surface area contributed by atoms with Crippen LogP contribution in [0.3, 0.4) is 0 Å². The zero-order valence-electron chi connectivity index (χ0n) is 16.0. The molecule has 0 aliphatic heterocycles. The number of ether oxygens (including phenoxy) is 2. The molecule has 4 heteroatoms. The van der Waals surface area contributed by atoms with Gasteiger partial charge in [0.25, 0.3) is 0 Å². The first-order valence-corrected chi connectivity index (χ1v) is 12.0. The normalized spacial score (nSPS) is 11.1. The first kappa shape index (κ1) is 22.1. The van der Waals surface area contributed by atoms with Crippen molar-refractivity contribution in [3.63, 3.8) is 0 Å². The van der Waals surface area contributed by atoms with E-state index in [1.54, 1.807) is 0 Å². The van der Waals surface area contributed by atoms with Gasteiger partial charge < -0.3 is 9.47 Å². The third kappa shape index (κ3) is 6.43. The third-order valence-corrected chi connectivity index (χ3v) is 6.29. The third-order valence-electron chi connectivity index (χ3n) is 4.49. The lowest BCUT2D eigenvalue weighted by molar-refractivity contribution is 0.305. The lowest BCUT2D eigenvalue weighted by atomic mass is 10.1. The van der Waals surface area contributed by atoms with Crippen LogP contribution in [0.15, 0.2) is 24.3 Å². The zero-order chi connectivity index (χ0) is 18.8. The summed E-state index contributed by atoms with van der Waals surface area (Å²) in [5.41, 5.74) is 0. The van der Waals surface area contributed by atoms with Gasteiger partial charge in [0, 0.05) is 17.9 Å². The van der Waals surface area contributed by atoms with Crippen LogP contribution >= 0.6 is 45.2 Å². The molecule has 0 aromatic heterocycles. The van der Waals surface area contributed by atoms with E-state index in [-0.39, 0.29) is 0 Å². The summed E-state index contributed by atoms with van der Waals surface area (Å²) in [7, 11) is 0. The number of hydrogen-bond donors (Lipinski definition) is 0. The van der Waals surface area contributed by atoms with Gasteiger partial charge in [-0.1, -0.05) is 52.4 Å². The van der Waals surface area contributed by atoms with Gasteiger partial charge in [-0.2, -0.15) is 0 Å². The number of unbranched alkanes of at least 4 members (excludes halogenated alkanes) is 6. The summed E-state index contributed by atoms with van der Waals surface area (Å²) in [5, 5.41) is 2.39. The van der Waals surface area contributed by atoms with Crippen LogP contribution in [0, 0.1) is 7.14 Å². The molecule has 0 fully saturated rings. The van der Waals surface area contributed by atoms with Gasteiger partial charge in [-0.05, 0) is 82.3 Å². The van der Waals surface area contributed by atoms with Gasteiger partial charge in [0.1, 0.15) is 11.5 Å². The van der Waals surface area contributed by atoms with Crippen molar-refractivity contribution >= 4 is 56.0 Å². The van der Waals surface area contributed by atoms with Gasteiger partial charge in [0.05, 0.1) is 13.2 Å². The molecule has 26 heavy (non-hydrogen) atoms. The summed E-state index contributed by atoms with van der Waals surface area (Å²) in [4.78, 5) is 0. The van der Waals surface area contributed by atoms with E-state index in [1.807, 2.05) is 0 Å². The van der Waals surface area contributed by atoms with E-state index in [2.05, 4.69) is 83.3 Å². The number of benzene rings is 2. The minimum absolute atomic E-state index is 0.786. The summed E-state index contributed by atoms with van der Waals surface area (Å²) < 4.78 is 14.7. The Morgan fingerprint density at radius 2 is 1.04 bits per heavy atom. The Hall–Kier alpha value is -0.240. The van der Waals surface area contributed by atoms with Crippen LogP contribution < -0.4 is 9.47 Å². The maximum atomic E-state index is 6.15. The highest BCUT2D eigenvalue weighted by Gasteiger charge is 2.14. The maximum absolute atomic E-state index is 6.15. The fraction of sp³-hybridized carbons (Fsp3) is 0.545. The molecule has 0 saturated heterocycles. The number of halogens is 2. The number of rotatable bonds is 12. The minimum atomic E-state index is 0.786. The van der Waals surface area contributed by atoms with Crippen LogP contribution in [0.4, 0.5) is 0 Å². The van der Waals surface area contributed by atoms with Crippen molar-refractivity contribution in [2.45, 2.75) is 65.2 Å². The second-order valence-corrected chi connectivity index (χ2v) is 8.98. The summed E-state index contributed by atoms with van der Waals surface area (Å²) in [6.45, 7) is 6.04. The van der Waals surface area contributed by atoms with Crippen LogP contribution in [0.1, 0.15) is 65.2 Å². The van der Waals surface area contributed by atoms with E-state index < -0.39 is 0 Å². The fourth-order valence-electron chi connectivity index (χ4n) is 3.01. The van der Waals surface area contributed by atoms with Crippen molar-refractivity contribution in [3.8, 4) is 11.5 Å². The highest BCUT2D eigenvalue weighted by molar-refractivity contribution is 14.1. The molecule has 0 bridgehead atoms. The summed E-state index contributed by atoms with van der Waals surface area (Å²) in [6.07, 6.45) is 9.78. The molecule has 2 nitrogen and oxygen atoms in total. The van der Waals surface area contributed by atoms with Gasteiger partial charge in [-0.15, -0.1) is 0 Å². The Balaban J connectivity index is 2.16. The first-order valence-electron chi connectivity index (χ1n) is 9.85. The molecule has 0 radical (unpaired) electrons. The average molecular weight is 580 g/mol. The monoisotopic (exact) mass is 580 g/mol. The quantitative estimate of drug-likeness (QED) is 0.187. The topological polar surface area (TPSA) is 18.5 Å². The summed E-state index contributed by atoms with van der Waals surface area (Å²) in [5.74, 6) is 1.97. The molecule has 2 rings (SSSR count). The van der Waals surface area contributed by atoms with Crippen molar-refractivity contribution < 1.29 is 9.47 Å². The van der Waals surface area contributed by atoms with Crippen molar-refractivity contribution in [1.29, 1.82) is 0 Å². The predicted octanol–water partition coefficient (Wildman–Crippen LogP) is 7.97. The van der Waals surface area contributed by atoms with Crippen LogP contribution in [0.5, 0.6) is 11.5 Å². The SMILES string of the molecule is CCCCCCOc1ccc(I)c2c(OCCCCCC)ccc(I)c12. The minimum Gasteiger partial charge on any atom is -0.493 e. The van der Waals surface area contributed by atoms with Crippen LogP contribution in [0.2, 0.25) is 0 Å². The molecule has 2 aromatic rings. The lowest BCUT2D eigenvalue weighted by Gasteiger charge is -2.16. The van der Waals surface area contributed by atoms with E-state index in [9.17, 15) is 0 Å². The van der Waals surface area contributed by atoms with Gasteiger partial charge in [0.2, 0.25) is 0 Å². The van der Waals surface area contributed by atoms with E-state index >= 15 is 0 Å². The molecule has 0 N–H and O–H groups in total. The second-order valence-electron chi connectivity index (χ2n) is 6.66. The smallest absolute Gasteiger partial charge is 0.128 e. The predicted molar refractivity (Wildman–Crippen MR) is 129 cm³/mol. The van der Waals surface area contributed by atoms with Crippen molar-refractivity contribution in [2.75, 3.05) is 13.2 Å². The first-order chi connectivity index (χ1) is 12.7. The standard InChI is InChI=1S/C22H30I2O2/c1-3-5-7-9-15-25-19-13-11-18(24)22-20(14-12-17(23)21(19)22)26-16-10-8-6-4-2/h11-14H,3-10,15-16H2,1-2H3. The molecule has 0 atom stereocenters. The fourth-order valence-corrected chi connectivity index (χ4v) is 4.44.